The minimum Gasteiger partial charge on any atom is -0.383 e. The van der Waals surface area contributed by atoms with E-state index in [0.717, 1.165) is 38.0 Å². The van der Waals surface area contributed by atoms with Crippen LogP contribution in [0.3, 0.4) is 0 Å². The molecule has 0 aromatic carbocycles. The van der Waals surface area contributed by atoms with Crippen LogP contribution in [-0.4, -0.2) is 43.5 Å². The molecule has 1 aliphatic heterocycles. The predicted molar refractivity (Wildman–Crippen MR) is 79.6 cm³/mol. The predicted octanol–water partition coefficient (Wildman–Crippen LogP) is 1.38. The zero-order valence-corrected chi connectivity index (χ0v) is 12.4. The third-order valence-corrected chi connectivity index (χ3v) is 4.10. The number of pyridine rings is 1. The van der Waals surface area contributed by atoms with Gasteiger partial charge in [-0.3, -0.25) is 0 Å². The normalized spacial score (nSPS) is 19.7. The number of nitrogen functional groups attached to an aromatic ring is 1. The van der Waals surface area contributed by atoms with Crippen molar-refractivity contribution in [1.29, 1.82) is 0 Å². The number of rotatable bonds is 6. The Balaban J connectivity index is 2.18. The standard InChI is InChI=1S/C15H25N3O2/c1-3-20-15(6-9-19-10-7-15)13(17-2)11-12-5-4-8-18-14(12)16/h4-5,8,13,17H,3,6-7,9-11H2,1-2H3,(H2,16,18). The average Bonchev–Trinajstić information content (AvgIpc) is 2.47. The van der Waals surface area contributed by atoms with Gasteiger partial charge in [-0.15, -0.1) is 0 Å². The molecule has 1 fully saturated rings. The number of hydrogen-bond acceptors (Lipinski definition) is 5. The first kappa shape index (κ1) is 15.2. The summed E-state index contributed by atoms with van der Waals surface area (Å²) in [7, 11) is 1.98. The van der Waals surface area contributed by atoms with Crippen LogP contribution >= 0.6 is 0 Å². The quantitative estimate of drug-likeness (QED) is 0.823. The van der Waals surface area contributed by atoms with Crippen LogP contribution in [0, 0.1) is 0 Å². The van der Waals surface area contributed by atoms with E-state index in [-0.39, 0.29) is 11.6 Å². The third kappa shape index (κ3) is 3.29. The van der Waals surface area contributed by atoms with Crippen LogP contribution in [0.5, 0.6) is 0 Å². The van der Waals surface area contributed by atoms with Crippen molar-refractivity contribution in [2.24, 2.45) is 0 Å². The van der Waals surface area contributed by atoms with E-state index in [4.69, 9.17) is 15.2 Å². The highest BCUT2D eigenvalue weighted by Crippen LogP contribution is 2.31. The Morgan fingerprint density at radius 2 is 2.25 bits per heavy atom. The van der Waals surface area contributed by atoms with Crippen LogP contribution in [0.25, 0.3) is 0 Å². The zero-order chi connectivity index (χ0) is 14.4. The van der Waals surface area contributed by atoms with E-state index >= 15 is 0 Å². The van der Waals surface area contributed by atoms with Gasteiger partial charge in [0, 0.05) is 44.9 Å². The number of nitrogens with zero attached hydrogens (tertiary/aromatic N) is 1. The molecule has 0 saturated carbocycles. The van der Waals surface area contributed by atoms with Gasteiger partial charge >= 0.3 is 0 Å². The van der Waals surface area contributed by atoms with Gasteiger partial charge in [0.2, 0.25) is 0 Å². The molecule has 5 heteroatoms. The van der Waals surface area contributed by atoms with Crippen LogP contribution < -0.4 is 11.1 Å². The Hall–Kier alpha value is -1.17. The molecule has 1 atom stereocenters. The summed E-state index contributed by atoms with van der Waals surface area (Å²) in [6, 6.07) is 4.17. The van der Waals surface area contributed by atoms with Crippen molar-refractivity contribution < 1.29 is 9.47 Å². The molecule has 2 heterocycles. The average molecular weight is 279 g/mol. The Kier molecular flexibility index (Phi) is 5.34. The number of hydrogen-bond donors (Lipinski definition) is 2. The number of nitrogens with one attached hydrogen (secondary N) is 1. The van der Waals surface area contributed by atoms with Crippen molar-refractivity contribution in [3.63, 3.8) is 0 Å². The second kappa shape index (κ2) is 7.02. The Morgan fingerprint density at radius 3 is 2.85 bits per heavy atom. The molecule has 0 radical (unpaired) electrons. The van der Waals surface area contributed by atoms with Gasteiger partial charge in [-0.05, 0) is 32.0 Å². The summed E-state index contributed by atoms with van der Waals surface area (Å²) >= 11 is 0. The zero-order valence-electron chi connectivity index (χ0n) is 12.4. The lowest BCUT2D eigenvalue weighted by Crippen LogP contribution is -2.55. The first-order valence-corrected chi connectivity index (χ1v) is 7.30. The van der Waals surface area contributed by atoms with E-state index in [9.17, 15) is 0 Å². The molecule has 1 saturated heterocycles. The largest absolute Gasteiger partial charge is 0.383 e. The van der Waals surface area contributed by atoms with Gasteiger partial charge in [0.1, 0.15) is 5.82 Å². The maximum Gasteiger partial charge on any atom is 0.126 e. The van der Waals surface area contributed by atoms with Crippen LogP contribution in [-0.2, 0) is 15.9 Å². The number of nitrogens with two attached hydrogens (primary N) is 1. The molecule has 0 bridgehead atoms. The summed E-state index contributed by atoms with van der Waals surface area (Å²) in [5.41, 5.74) is 6.86. The van der Waals surface area contributed by atoms with Crippen LogP contribution in [0.15, 0.2) is 18.3 Å². The van der Waals surface area contributed by atoms with E-state index in [1.165, 1.54) is 0 Å². The Labute approximate surface area is 120 Å². The fraction of sp³-hybridized carbons (Fsp3) is 0.667. The smallest absolute Gasteiger partial charge is 0.126 e. The van der Waals surface area contributed by atoms with Crippen molar-refractivity contribution in [2.75, 3.05) is 32.6 Å². The SMILES string of the molecule is CCOC1(C(Cc2cccnc2N)NC)CCOCC1. The van der Waals surface area contributed by atoms with Gasteiger partial charge in [-0.2, -0.15) is 0 Å². The molecule has 0 spiro atoms. The first-order chi connectivity index (χ1) is 9.72. The highest BCUT2D eigenvalue weighted by atomic mass is 16.5. The van der Waals surface area contributed by atoms with Crippen molar-refractivity contribution >= 4 is 5.82 Å². The maximum absolute atomic E-state index is 6.13. The molecule has 2 rings (SSSR count). The van der Waals surface area contributed by atoms with E-state index in [1.54, 1.807) is 6.20 Å². The van der Waals surface area contributed by atoms with Crippen molar-refractivity contribution in [2.45, 2.75) is 37.8 Å². The fourth-order valence-corrected chi connectivity index (χ4v) is 2.99. The molecule has 1 aromatic heterocycles. The van der Waals surface area contributed by atoms with Crippen LogP contribution in [0.2, 0.25) is 0 Å². The molecule has 1 aliphatic rings. The molecule has 1 aromatic rings. The first-order valence-electron chi connectivity index (χ1n) is 7.30. The van der Waals surface area contributed by atoms with Crippen molar-refractivity contribution in [1.82, 2.24) is 10.3 Å². The van der Waals surface area contributed by atoms with Crippen molar-refractivity contribution in [3.8, 4) is 0 Å². The number of likely N-dealkylation sites (N-methyl/N-ethyl adjacent to an activating group) is 1. The molecular weight excluding hydrogens is 254 g/mol. The third-order valence-electron chi connectivity index (χ3n) is 4.10. The molecule has 0 amide bonds. The summed E-state index contributed by atoms with van der Waals surface area (Å²) in [6.45, 7) is 4.25. The summed E-state index contributed by atoms with van der Waals surface area (Å²) in [4.78, 5) is 4.16. The molecule has 5 nitrogen and oxygen atoms in total. The molecule has 20 heavy (non-hydrogen) atoms. The number of anilines is 1. The highest BCUT2D eigenvalue weighted by Gasteiger charge is 2.40. The molecule has 3 N–H and O–H groups in total. The molecular formula is C15H25N3O2. The van der Waals surface area contributed by atoms with Crippen LogP contribution in [0.4, 0.5) is 5.82 Å². The Bertz CT molecular complexity index is 414. The van der Waals surface area contributed by atoms with Crippen LogP contribution in [0.1, 0.15) is 25.3 Å². The number of aromatic nitrogens is 1. The summed E-state index contributed by atoms with van der Waals surface area (Å²) < 4.78 is 11.6. The van der Waals surface area contributed by atoms with E-state index in [2.05, 4.69) is 10.3 Å². The lowest BCUT2D eigenvalue weighted by atomic mass is 9.82. The summed E-state index contributed by atoms with van der Waals surface area (Å²) in [5, 5.41) is 3.41. The van der Waals surface area contributed by atoms with Gasteiger partial charge in [-0.25, -0.2) is 4.98 Å². The fourth-order valence-electron chi connectivity index (χ4n) is 2.99. The minimum atomic E-state index is -0.177. The second-order valence-electron chi connectivity index (χ2n) is 5.20. The van der Waals surface area contributed by atoms with Gasteiger partial charge < -0.3 is 20.5 Å². The second-order valence-corrected chi connectivity index (χ2v) is 5.20. The highest BCUT2D eigenvalue weighted by molar-refractivity contribution is 5.39. The van der Waals surface area contributed by atoms with Gasteiger partial charge in [0.25, 0.3) is 0 Å². The lowest BCUT2D eigenvalue weighted by Gasteiger charge is -2.43. The van der Waals surface area contributed by atoms with Crippen molar-refractivity contribution in [3.05, 3.63) is 23.9 Å². The van der Waals surface area contributed by atoms with E-state index in [1.807, 2.05) is 26.1 Å². The Morgan fingerprint density at radius 1 is 1.50 bits per heavy atom. The molecule has 0 aliphatic carbocycles. The topological polar surface area (TPSA) is 69.4 Å². The van der Waals surface area contributed by atoms with Gasteiger partial charge in [-0.1, -0.05) is 6.07 Å². The molecule has 1 unspecified atom stereocenters. The van der Waals surface area contributed by atoms with Gasteiger partial charge in [0.05, 0.1) is 5.60 Å². The molecule has 112 valence electrons. The van der Waals surface area contributed by atoms with E-state index in [0.29, 0.717) is 12.4 Å². The van der Waals surface area contributed by atoms with E-state index < -0.39 is 0 Å². The van der Waals surface area contributed by atoms with Gasteiger partial charge in [0.15, 0.2) is 0 Å². The monoisotopic (exact) mass is 279 g/mol. The minimum absolute atomic E-state index is 0.177. The summed E-state index contributed by atoms with van der Waals surface area (Å²) in [5.74, 6) is 0.603. The maximum atomic E-state index is 6.13. The lowest BCUT2D eigenvalue weighted by molar-refractivity contribution is -0.125. The number of ether oxygens (including phenoxy) is 2. The summed E-state index contributed by atoms with van der Waals surface area (Å²) in [6.07, 6.45) is 4.36.